The molecule has 0 heterocycles. The number of benzene rings is 1. The van der Waals surface area contributed by atoms with E-state index >= 15 is 0 Å². The number of nitrogens with two attached hydrogens (primary N) is 1. The molecule has 1 rings (SSSR count). The first-order chi connectivity index (χ1) is 8.45. The van der Waals surface area contributed by atoms with Crippen LogP contribution in [0.15, 0.2) is 12.1 Å². The summed E-state index contributed by atoms with van der Waals surface area (Å²) in [6, 6.07) is 2.42. The number of carbonyl (C=O) groups is 2. The Balaban J connectivity index is 2.94. The highest BCUT2D eigenvalue weighted by atomic mass is 19.1. The Labute approximate surface area is 105 Å². The molecule has 0 fully saturated rings. The summed E-state index contributed by atoms with van der Waals surface area (Å²) in [5, 5.41) is 5.37. The fourth-order valence-electron chi connectivity index (χ4n) is 1.38. The van der Waals surface area contributed by atoms with Gasteiger partial charge in [0.15, 0.2) is 0 Å². The van der Waals surface area contributed by atoms with Gasteiger partial charge < -0.3 is 16.4 Å². The van der Waals surface area contributed by atoms with Crippen molar-refractivity contribution in [2.75, 3.05) is 18.4 Å². The second kappa shape index (κ2) is 6.11. The molecule has 0 spiro atoms. The summed E-state index contributed by atoms with van der Waals surface area (Å²) in [6.45, 7) is 4.16. The van der Waals surface area contributed by atoms with Crippen molar-refractivity contribution in [3.8, 4) is 0 Å². The highest BCUT2D eigenvalue weighted by Gasteiger charge is 2.12. The minimum Gasteiger partial charge on any atom is -0.366 e. The number of hydrogen-bond acceptors (Lipinski definition) is 3. The second-order valence-electron chi connectivity index (χ2n) is 3.82. The molecule has 18 heavy (non-hydrogen) atoms. The predicted molar refractivity (Wildman–Crippen MR) is 66.8 cm³/mol. The Bertz CT molecular complexity index is 475. The summed E-state index contributed by atoms with van der Waals surface area (Å²) in [5.74, 6) is -1.62. The van der Waals surface area contributed by atoms with Crippen LogP contribution in [0.5, 0.6) is 0 Å². The third-order valence-corrected chi connectivity index (χ3v) is 2.44. The minimum absolute atomic E-state index is 0.0249. The summed E-state index contributed by atoms with van der Waals surface area (Å²) < 4.78 is 13.5. The van der Waals surface area contributed by atoms with Gasteiger partial charge in [0.25, 0.3) is 0 Å². The fraction of sp³-hybridized carbons (Fsp3) is 0.333. The van der Waals surface area contributed by atoms with Gasteiger partial charge in [0.2, 0.25) is 11.8 Å². The first-order valence-electron chi connectivity index (χ1n) is 5.56. The molecule has 0 aliphatic carbocycles. The standard InChI is InChI=1S/C12H16FN3O2/c1-3-15-6-11(17)16-10-5-8(12(14)18)4-9(13)7(10)2/h4-5,15H,3,6H2,1-2H3,(H2,14,18)(H,16,17). The van der Waals surface area contributed by atoms with E-state index in [9.17, 15) is 14.0 Å². The van der Waals surface area contributed by atoms with Crippen molar-refractivity contribution >= 4 is 17.5 Å². The zero-order valence-electron chi connectivity index (χ0n) is 10.3. The van der Waals surface area contributed by atoms with Gasteiger partial charge in [-0.05, 0) is 25.6 Å². The van der Waals surface area contributed by atoms with E-state index in [0.717, 1.165) is 6.07 Å². The van der Waals surface area contributed by atoms with Gasteiger partial charge in [-0.2, -0.15) is 0 Å². The molecule has 0 radical (unpaired) electrons. The maximum atomic E-state index is 13.5. The van der Waals surface area contributed by atoms with Crippen LogP contribution in [0.3, 0.4) is 0 Å². The lowest BCUT2D eigenvalue weighted by atomic mass is 10.1. The van der Waals surface area contributed by atoms with E-state index in [-0.39, 0.29) is 29.3 Å². The molecule has 0 saturated heterocycles. The average molecular weight is 253 g/mol. The predicted octanol–water partition coefficient (Wildman–Crippen LogP) is 0.781. The zero-order chi connectivity index (χ0) is 13.7. The lowest BCUT2D eigenvalue weighted by Crippen LogP contribution is -2.28. The van der Waals surface area contributed by atoms with Gasteiger partial charge >= 0.3 is 0 Å². The molecule has 0 bridgehead atoms. The maximum absolute atomic E-state index is 13.5. The van der Waals surface area contributed by atoms with E-state index in [1.807, 2.05) is 6.92 Å². The van der Waals surface area contributed by atoms with Crippen LogP contribution < -0.4 is 16.4 Å². The number of anilines is 1. The number of likely N-dealkylation sites (N-methyl/N-ethyl adjacent to an activating group) is 1. The van der Waals surface area contributed by atoms with Gasteiger partial charge in [0.1, 0.15) is 5.82 Å². The highest BCUT2D eigenvalue weighted by Crippen LogP contribution is 2.20. The average Bonchev–Trinajstić information content (AvgIpc) is 2.31. The second-order valence-corrected chi connectivity index (χ2v) is 3.82. The number of rotatable bonds is 5. The molecule has 0 aliphatic rings. The van der Waals surface area contributed by atoms with E-state index in [0.29, 0.717) is 6.54 Å². The van der Waals surface area contributed by atoms with Crippen molar-refractivity contribution < 1.29 is 14.0 Å². The Morgan fingerprint density at radius 2 is 2.06 bits per heavy atom. The molecule has 0 saturated carbocycles. The van der Waals surface area contributed by atoms with Gasteiger partial charge in [0.05, 0.1) is 6.54 Å². The van der Waals surface area contributed by atoms with Crippen molar-refractivity contribution in [2.45, 2.75) is 13.8 Å². The number of carbonyl (C=O) groups excluding carboxylic acids is 2. The Hall–Kier alpha value is -1.95. The Morgan fingerprint density at radius 3 is 2.61 bits per heavy atom. The molecule has 5 nitrogen and oxygen atoms in total. The maximum Gasteiger partial charge on any atom is 0.248 e. The van der Waals surface area contributed by atoms with Crippen LogP contribution in [0.2, 0.25) is 0 Å². The molecule has 2 amide bonds. The van der Waals surface area contributed by atoms with Crippen LogP contribution in [0.25, 0.3) is 0 Å². The summed E-state index contributed by atoms with van der Waals surface area (Å²) in [7, 11) is 0. The molecule has 4 N–H and O–H groups in total. The largest absolute Gasteiger partial charge is 0.366 e. The first-order valence-corrected chi connectivity index (χ1v) is 5.56. The summed E-state index contributed by atoms with van der Waals surface area (Å²) in [4.78, 5) is 22.5. The van der Waals surface area contributed by atoms with Crippen LogP contribution in [-0.4, -0.2) is 24.9 Å². The molecular formula is C12H16FN3O2. The molecule has 1 aromatic rings. The molecule has 0 aliphatic heterocycles. The summed E-state index contributed by atoms with van der Waals surface area (Å²) >= 11 is 0. The molecule has 0 atom stereocenters. The lowest BCUT2D eigenvalue weighted by Gasteiger charge is -2.10. The van der Waals surface area contributed by atoms with Gasteiger partial charge in [-0.25, -0.2) is 4.39 Å². The van der Waals surface area contributed by atoms with E-state index in [1.54, 1.807) is 0 Å². The number of halogens is 1. The van der Waals surface area contributed by atoms with Gasteiger partial charge in [-0.3, -0.25) is 9.59 Å². The summed E-state index contributed by atoms with van der Waals surface area (Å²) in [5.41, 5.74) is 5.63. The number of nitrogens with one attached hydrogen (secondary N) is 2. The van der Waals surface area contributed by atoms with Crippen LogP contribution in [0, 0.1) is 12.7 Å². The van der Waals surface area contributed by atoms with Gasteiger partial charge in [-0.1, -0.05) is 6.92 Å². The molecule has 98 valence electrons. The Morgan fingerprint density at radius 1 is 1.39 bits per heavy atom. The number of primary amides is 1. The van der Waals surface area contributed by atoms with Crippen molar-refractivity contribution in [1.29, 1.82) is 0 Å². The SMILES string of the molecule is CCNCC(=O)Nc1cc(C(N)=O)cc(F)c1C. The molecule has 0 unspecified atom stereocenters. The monoisotopic (exact) mass is 253 g/mol. The van der Waals surface area contributed by atoms with Crippen LogP contribution in [-0.2, 0) is 4.79 Å². The fourth-order valence-corrected chi connectivity index (χ4v) is 1.38. The highest BCUT2D eigenvalue weighted by molar-refractivity contribution is 5.97. The molecular weight excluding hydrogens is 237 g/mol. The van der Waals surface area contributed by atoms with Crippen molar-refractivity contribution in [1.82, 2.24) is 5.32 Å². The van der Waals surface area contributed by atoms with Crippen LogP contribution in [0.4, 0.5) is 10.1 Å². The summed E-state index contributed by atoms with van der Waals surface area (Å²) in [6.07, 6.45) is 0. The smallest absolute Gasteiger partial charge is 0.248 e. The Kier molecular flexibility index (Phi) is 4.79. The van der Waals surface area contributed by atoms with E-state index in [1.165, 1.54) is 13.0 Å². The third-order valence-electron chi connectivity index (χ3n) is 2.44. The molecule has 6 heteroatoms. The van der Waals surface area contributed by atoms with Crippen LogP contribution >= 0.6 is 0 Å². The first kappa shape index (κ1) is 14.1. The van der Waals surface area contributed by atoms with Crippen molar-refractivity contribution in [3.63, 3.8) is 0 Å². The molecule has 0 aromatic heterocycles. The van der Waals surface area contributed by atoms with E-state index in [2.05, 4.69) is 10.6 Å². The topological polar surface area (TPSA) is 84.2 Å². The van der Waals surface area contributed by atoms with Gasteiger partial charge in [0, 0.05) is 16.8 Å². The lowest BCUT2D eigenvalue weighted by molar-refractivity contribution is -0.115. The zero-order valence-corrected chi connectivity index (χ0v) is 10.3. The van der Waals surface area contributed by atoms with E-state index < -0.39 is 11.7 Å². The number of amides is 2. The minimum atomic E-state index is -0.740. The molecule has 1 aromatic carbocycles. The van der Waals surface area contributed by atoms with Crippen molar-refractivity contribution in [2.24, 2.45) is 5.73 Å². The number of hydrogen-bond donors (Lipinski definition) is 3. The van der Waals surface area contributed by atoms with E-state index in [4.69, 9.17) is 5.73 Å². The van der Waals surface area contributed by atoms with Crippen LogP contribution in [0.1, 0.15) is 22.8 Å². The van der Waals surface area contributed by atoms with Crippen molar-refractivity contribution in [3.05, 3.63) is 29.1 Å². The van der Waals surface area contributed by atoms with Gasteiger partial charge in [-0.15, -0.1) is 0 Å². The normalized spacial score (nSPS) is 10.2. The quantitative estimate of drug-likeness (QED) is 0.725. The third kappa shape index (κ3) is 3.53.